The van der Waals surface area contributed by atoms with E-state index in [1.165, 1.54) is 25.7 Å². The van der Waals surface area contributed by atoms with E-state index in [9.17, 15) is 0 Å². The summed E-state index contributed by atoms with van der Waals surface area (Å²) in [7, 11) is 0. The molecule has 1 rings (SSSR count). The minimum Gasteiger partial charge on any atom is -0.477 e. The van der Waals surface area contributed by atoms with Crippen molar-refractivity contribution in [3.8, 4) is 36.2 Å². The van der Waals surface area contributed by atoms with E-state index < -0.39 is 0 Å². The Morgan fingerprint density at radius 1 is 0.862 bits per heavy atom. The summed E-state index contributed by atoms with van der Waals surface area (Å²) in [5.74, 6) is 6.40. The van der Waals surface area contributed by atoms with E-state index in [0.717, 1.165) is 37.0 Å². The second kappa shape index (κ2) is 17.3. The van der Waals surface area contributed by atoms with Gasteiger partial charge in [-0.15, -0.1) is 12.8 Å². The predicted octanol–water partition coefficient (Wildman–Crippen LogP) is 6.67. The van der Waals surface area contributed by atoms with E-state index >= 15 is 0 Å². The van der Waals surface area contributed by atoms with Crippen molar-refractivity contribution in [3.05, 3.63) is 60.2 Å². The van der Waals surface area contributed by atoms with Crippen molar-refractivity contribution in [2.45, 2.75) is 58.3 Å². The maximum atomic E-state index is 5.73. The van der Waals surface area contributed by atoms with Crippen LogP contribution in [-0.4, -0.2) is 13.2 Å². The number of allylic oxidation sites excluding steroid dienone is 6. The molecule has 0 aromatic heterocycles. The van der Waals surface area contributed by atoms with Crippen LogP contribution in [0.3, 0.4) is 0 Å². The summed E-state index contributed by atoms with van der Waals surface area (Å²) >= 11 is 0. The van der Waals surface area contributed by atoms with Gasteiger partial charge in [0.2, 0.25) is 0 Å². The highest BCUT2D eigenvalue weighted by atomic mass is 16.5. The highest BCUT2D eigenvalue weighted by Crippen LogP contribution is 2.32. The molecule has 1 aromatic rings. The molecule has 0 saturated carbocycles. The van der Waals surface area contributed by atoms with Crippen LogP contribution in [0.5, 0.6) is 11.5 Å². The highest BCUT2D eigenvalue weighted by molar-refractivity contribution is 5.47. The van der Waals surface area contributed by atoms with Crippen molar-refractivity contribution in [2.24, 2.45) is 0 Å². The minimum absolute atomic E-state index is 0.219. The van der Waals surface area contributed by atoms with Crippen molar-refractivity contribution in [1.29, 1.82) is 0 Å². The first-order valence-corrected chi connectivity index (χ1v) is 10.5. The maximum Gasteiger partial charge on any atom is 0.165 e. The summed E-state index contributed by atoms with van der Waals surface area (Å²) < 4.78 is 11.3. The third kappa shape index (κ3) is 11.6. The molecule has 0 heterocycles. The van der Waals surface area contributed by atoms with Crippen LogP contribution in [0.25, 0.3) is 0 Å². The van der Waals surface area contributed by atoms with Crippen LogP contribution in [-0.2, 0) is 6.42 Å². The van der Waals surface area contributed by atoms with Gasteiger partial charge in [-0.3, -0.25) is 0 Å². The number of para-hydroxylation sites is 1. The maximum absolute atomic E-state index is 5.73. The zero-order chi connectivity index (χ0) is 21.0. The number of hydrogen-bond acceptors (Lipinski definition) is 2. The van der Waals surface area contributed by atoms with Crippen molar-refractivity contribution in [1.82, 2.24) is 0 Å². The molecule has 29 heavy (non-hydrogen) atoms. The molecule has 0 amide bonds. The third-order valence-electron chi connectivity index (χ3n) is 4.37. The van der Waals surface area contributed by atoms with E-state index in [0.29, 0.717) is 5.75 Å². The molecule has 0 atom stereocenters. The molecule has 154 valence electrons. The fraction of sp³-hybridized carbons (Fsp3) is 0.407. The van der Waals surface area contributed by atoms with E-state index in [1.807, 2.05) is 25.1 Å². The van der Waals surface area contributed by atoms with Crippen LogP contribution in [0.4, 0.5) is 0 Å². The first-order valence-electron chi connectivity index (χ1n) is 10.5. The zero-order valence-electron chi connectivity index (χ0n) is 17.7. The molecule has 0 saturated heterocycles. The highest BCUT2D eigenvalue weighted by Gasteiger charge is 2.10. The molecule has 0 aliphatic heterocycles. The first-order chi connectivity index (χ1) is 14.3. The van der Waals surface area contributed by atoms with E-state index in [2.05, 4.69) is 48.3 Å². The minimum atomic E-state index is 0.219. The lowest BCUT2D eigenvalue weighted by Crippen LogP contribution is -2.03. The zero-order valence-corrected chi connectivity index (χ0v) is 17.7. The molecule has 2 nitrogen and oxygen atoms in total. The summed E-state index contributed by atoms with van der Waals surface area (Å²) in [6.45, 7) is 2.47. The van der Waals surface area contributed by atoms with Crippen molar-refractivity contribution in [2.75, 3.05) is 13.2 Å². The monoisotopic (exact) mass is 390 g/mol. The normalized spacial score (nSPS) is 11.1. The molecule has 0 aliphatic carbocycles. The fourth-order valence-electron chi connectivity index (χ4n) is 2.94. The lowest BCUT2D eigenvalue weighted by Gasteiger charge is -2.14. The van der Waals surface area contributed by atoms with Gasteiger partial charge in [-0.2, -0.15) is 0 Å². The molecule has 0 fully saturated rings. The molecular formula is C27H34O2. The summed E-state index contributed by atoms with van der Waals surface area (Å²) in [6, 6.07) is 5.92. The van der Waals surface area contributed by atoms with Crippen LogP contribution in [0.15, 0.2) is 54.7 Å². The van der Waals surface area contributed by atoms with Crippen molar-refractivity contribution >= 4 is 0 Å². The lowest BCUT2D eigenvalue weighted by atomic mass is 10.0. The van der Waals surface area contributed by atoms with Gasteiger partial charge < -0.3 is 9.47 Å². The topological polar surface area (TPSA) is 18.5 Å². The van der Waals surface area contributed by atoms with Crippen molar-refractivity contribution < 1.29 is 9.47 Å². The summed E-state index contributed by atoms with van der Waals surface area (Å²) in [5.41, 5.74) is 1.13. The Labute approximate surface area is 177 Å². The Balaban J connectivity index is 2.29. The number of benzene rings is 1. The van der Waals surface area contributed by atoms with Crippen LogP contribution in [0.1, 0.15) is 57.4 Å². The molecule has 0 spiro atoms. The SMILES string of the molecule is C#CCOc1cccc(CCCCCCC/C=C\C/C=C/C=C\C)c1OCC#C. The molecule has 2 heteroatoms. The van der Waals surface area contributed by atoms with Crippen LogP contribution in [0, 0.1) is 24.7 Å². The molecular weight excluding hydrogens is 356 g/mol. The predicted molar refractivity (Wildman–Crippen MR) is 124 cm³/mol. The van der Waals surface area contributed by atoms with Gasteiger partial charge in [0.05, 0.1) is 0 Å². The second-order valence-corrected chi connectivity index (χ2v) is 6.70. The van der Waals surface area contributed by atoms with E-state index in [-0.39, 0.29) is 13.2 Å². The number of aryl methyl sites for hydroxylation is 1. The van der Waals surface area contributed by atoms with E-state index in [4.69, 9.17) is 22.3 Å². The van der Waals surface area contributed by atoms with Crippen LogP contribution < -0.4 is 9.47 Å². The van der Waals surface area contributed by atoms with Gasteiger partial charge in [0.25, 0.3) is 0 Å². The Hall–Kier alpha value is -2.84. The quantitative estimate of drug-likeness (QED) is 0.144. The lowest BCUT2D eigenvalue weighted by molar-refractivity contribution is 0.311. The third-order valence-corrected chi connectivity index (χ3v) is 4.37. The average Bonchev–Trinajstić information content (AvgIpc) is 2.74. The Kier molecular flexibility index (Phi) is 14.4. The average molecular weight is 391 g/mol. The largest absolute Gasteiger partial charge is 0.477 e. The van der Waals surface area contributed by atoms with Crippen molar-refractivity contribution in [3.63, 3.8) is 0 Å². The number of terminal acetylenes is 2. The smallest absolute Gasteiger partial charge is 0.165 e. The van der Waals surface area contributed by atoms with Gasteiger partial charge in [0.1, 0.15) is 13.2 Å². The van der Waals surface area contributed by atoms with Gasteiger partial charge in [-0.1, -0.05) is 79.7 Å². The fourth-order valence-corrected chi connectivity index (χ4v) is 2.94. The Morgan fingerprint density at radius 2 is 1.62 bits per heavy atom. The Morgan fingerprint density at radius 3 is 2.41 bits per heavy atom. The van der Waals surface area contributed by atoms with Crippen LogP contribution >= 0.6 is 0 Å². The van der Waals surface area contributed by atoms with Gasteiger partial charge in [0.15, 0.2) is 11.5 Å². The first kappa shape index (κ1) is 24.2. The molecule has 0 N–H and O–H groups in total. The molecule has 0 radical (unpaired) electrons. The van der Waals surface area contributed by atoms with Gasteiger partial charge >= 0.3 is 0 Å². The van der Waals surface area contributed by atoms with E-state index in [1.54, 1.807) is 0 Å². The number of ether oxygens (including phenoxy) is 2. The summed E-state index contributed by atoms with van der Waals surface area (Å²) in [5, 5.41) is 0. The molecule has 0 unspecified atom stereocenters. The van der Waals surface area contributed by atoms with Crippen LogP contribution in [0.2, 0.25) is 0 Å². The van der Waals surface area contributed by atoms with Gasteiger partial charge in [-0.05, 0) is 50.7 Å². The standard InChI is InChI=1S/C27H34O2/c1-4-7-8-9-10-11-12-13-14-15-16-17-18-20-25-21-19-22-26(28-23-5-2)27(25)29-24-6-3/h2-4,7-9,11-12,19,21-22H,10,13-18,20,23-24H2,1H3/b7-4-,9-8+,12-11-. The summed E-state index contributed by atoms with van der Waals surface area (Å²) in [4.78, 5) is 0. The molecule has 0 aliphatic rings. The number of unbranched alkanes of at least 4 members (excludes halogenated alkanes) is 5. The number of hydrogen-bond donors (Lipinski definition) is 0. The Bertz CT molecular complexity index is 726. The second-order valence-electron chi connectivity index (χ2n) is 6.70. The number of rotatable bonds is 15. The molecule has 1 aromatic carbocycles. The van der Waals surface area contributed by atoms with Gasteiger partial charge in [0, 0.05) is 0 Å². The summed E-state index contributed by atoms with van der Waals surface area (Å²) in [6.07, 6.45) is 32.7. The van der Waals surface area contributed by atoms with Gasteiger partial charge in [-0.25, -0.2) is 0 Å². The molecule has 0 bridgehead atoms.